The molecule has 1 aromatic rings. The van der Waals surface area contributed by atoms with Crippen LogP contribution in [0.15, 0.2) is 18.2 Å². The molecule has 12 heavy (non-hydrogen) atoms. The predicted octanol–water partition coefficient (Wildman–Crippen LogP) is 1.91. The summed E-state index contributed by atoms with van der Waals surface area (Å²) in [5.74, 6) is 0. The zero-order valence-electron chi connectivity index (χ0n) is 7.00. The molecule has 0 saturated heterocycles. The topological polar surface area (TPSA) is 55.2 Å². The quantitative estimate of drug-likeness (QED) is 0.539. The average Bonchev–Trinajstić information content (AvgIpc) is 1.96. The van der Waals surface area contributed by atoms with Gasteiger partial charge in [0, 0.05) is 0 Å². The van der Waals surface area contributed by atoms with Crippen molar-refractivity contribution < 1.29 is 5.03 Å². The maximum atomic E-state index is 10.1. The minimum absolute atomic E-state index is 0.517. The zero-order chi connectivity index (χ0) is 9.14. The van der Waals surface area contributed by atoms with Crippen molar-refractivity contribution in [3.63, 3.8) is 0 Å². The van der Waals surface area contributed by atoms with Crippen LogP contribution in [0.1, 0.15) is 11.1 Å². The minimum atomic E-state index is -0.565. The molecule has 0 aliphatic heterocycles. The Balaban J connectivity index is 2.89. The summed E-state index contributed by atoms with van der Waals surface area (Å²) in [5.41, 5.74) is 4.78. The van der Waals surface area contributed by atoms with E-state index >= 15 is 0 Å². The highest BCUT2D eigenvalue weighted by atomic mass is 16.7. The SMILES string of the molecule is Cc1ccc(N[N+](=O)[O-])cc1C. The summed E-state index contributed by atoms with van der Waals surface area (Å²) in [5, 5.41) is 9.49. The lowest BCUT2D eigenvalue weighted by Gasteiger charge is -2.01. The Morgan fingerprint density at radius 3 is 2.50 bits per heavy atom. The van der Waals surface area contributed by atoms with Gasteiger partial charge in [0.05, 0.1) is 0 Å². The molecule has 0 unspecified atom stereocenters. The van der Waals surface area contributed by atoms with Gasteiger partial charge in [-0.1, -0.05) is 6.07 Å². The van der Waals surface area contributed by atoms with Gasteiger partial charge in [0.15, 0.2) is 5.03 Å². The number of nitrogens with one attached hydrogen (secondary N) is 1. The Morgan fingerprint density at radius 1 is 1.33 bits per heavy atom. The Kier molecular flexibility index (Phi) is 2.28. The first-order valence-electron chi connectivity index (χ1n) is 3.58. The molecule has 0 saturated carbocycles. The van der Waals surface area contributed by atoms with Crippen LogP contribution >= 0.6 is 0 Å². The molecule has 0 aliphatic rings. The van der Waals surface area contributed by atoms with Crippen molar-refractivity contribution in [3.8, 4) is 0 Å². The van der Waals surface area contributed by atoms with Gasteiger partial charge in [0.2, 0.25) is 0 Å². The second-order valence-corrected chi connectivity index (χ2v) is 2.67. The molecule has 1 rings (SSSR count). The summed E-state index contributed by atoms with van der Waals surface area (Å²) < 4.78 is 0. The molecular weight excluding hydrogens is 156 g/mol. The van der Waals surface area contributed by atoms with E-state index in [9.17, 15) is 10.1 Å². The van der Waals surface area contributed by atoms with Gasteiger partial charge in [-0.3, -0.25) is 0 Å². The van der Waals surface area contributed by atoms with Crippen LogP contribution in [0.3, 0.4) is 0 Å². The molecule has 0 amide bonds. The summed E-state index contributed by atoms with van der Waals surface area (Å²) in [7, 11) is 0. The minimum Gasteiger partial charge on any atom is -0.235 e. The van der Waals surface area contributed by atoms with E-state index < -0.39 is 5.03 Å². The Hall–Kier alpha value is -1.58. The number of nitro groups is 1. The standard InChI is InChI=1S/C8H10N2O2/c1-6-3-4-8(5-7(6)2)9-10(11)12/h3-5,9H,1-2H3. The number of hydrogen-bond donors (Lipinski definition) is 1. The fraction of sp³-hybridized carbons (Fsp3) is 0.250. The lowest BCUT2D eigenvalue weighted by molar-refractivity contribution is -0.445. The van der Waals surface area contributed by atoms with E-state index in [1.807, 2.05) is 19.9 Å². The number of anilines is 1. The Morgan fingerprint density at radius 2 is 2.00 bits per heavy atom. The molecule has 4 heteroatoms. The average molecular weight is 166 g/mol. The van der Waals surface area contributed by atoms with Gasteiger partial charge in [-0.25, -0.2) is 10.1 Å². The van der Waals surface area contributed by atoms with Crippen LogP contribution in [-0.4, -0.2) is 5.03 Å². The van der Waals surface area contributed by atoms with Gasteiger partial charge in [0.1, 0.15) is 5.69 Å². The van der Waals surface area contributed by atoms with Crippen molar-refractivity contribution in [3.05, 3.63) is 39.4 Å². The van der Waals surface area contributed by atoms with E-state index in [2.05, 4.69) is 5.43 Å². The van der Waals surface area contributed by atoms with Crippen molar-refractivity contribution >= 4 is 5.69 Å². The van der Waals surface area contributed by atoms with Crippen LogP contribution in [0.5, 0.6) is 0 Å². The number of rotatable bonds is 2. The highest BCUT2D eigenvalue weighted by Crippen LogP contribution is 2.13. The summed E-state index contributed by atoms with van der Waals surface area (Å²) in [4.78, 5) is 10.1. The van der Waals surface area contributed by atoms with E-state index in [4.69, 9.17) is 0 Å². The number of aryl methyl sites for hydroxylation is 2. The highest BCUT2D eigenvalue weighted by Gasteiger charge is 1.99. The third-order valence-electron chi connectivity index (χ3n) is 1.73. The molecule has 0 spiro atoms. The van der Waals surface area contributed by atoms with Crippen molar-refractivity contribution in [2.45, 2.75) is 13.8 Å². The van der Waals surface area contributed by atoms with Crippen LogP contribution < -0.4 is 5.43 Å². The summed E-state index contributed by atoms with van der Waals surface area (Å²) in [6, 6.07) is 5.28. The predicted molar refractivity (Wildman–Crippen MR) is 46.5 cm³/mol. The van der Waals surface area contributed by atoms with Crippen molar-refractivity contribution in [2.24, 2.45) is 0 Å². The summed E-state index contributed by atoms with van der Waals surface area (Å²) >= 11 is 0. The van der Waals surface area contributed by atoms with Gasteiger partial charge in [0.25, 0.3) is 0 Å². The molecule has 4 nitrogen and oxygen atoms in total. The fourth-order valence-electron chi connectivity index (χ4n) is 0.916. The van der Waals surface area contributed by atoms with Crippen LogP contribution in [0, 0.1) is 24.0 Å². The van der Waals surface area contributed by atoms with Crippen molar-refractivity contribution in [2.75, 3.05) is 5.43 Å². The van der Waals surface area contributed by atoms with E-state index in [-0.39, 0.29) is 0 Å². The van der Waals surface area contributed by atoms with E-state index in [1.165, 1.54) is 0 Å². The molecule has 64 valence electrons. The van der Waals surface area contributed by atoms with Gasteiger partial charge in [-0.15, -0.1) is 5.43 Å². The van der Waals surface area contributed by atoms with Crippen LogP contribution in [0.25, 0.3) is 0 Å². The highest BCUT2D eigenvalue weighted by molar-refractivity contribution is 5.46. The second-order valence-electron chi connectivity index (χ2n) is 2.67. The number of hydrazine groups is 1. The molecule has 0 aromatic heterocycles. The van der Waals surface area contributed by atoms with Crippen molar-refractivity contribution in [1.82, 2.24) is 0 Å². The third-order valence-corrected chi connectivity index (χ3v) is 1.73. The van der Waals surface area contributed by atoms with E-state index in [1.54, 1.807) is 12.1 Å². The van der Waals surface area contributed by atoms with Gasteiger partial charge in [-0.05, 0) is 37.1 Å². The molecule has 0 heterocycles. The maximum Gasteiger partial charge on any atom is 0.162 e. The number of hydrogen-bond acceptors (Lipinski definition) is 2. The normalized spacial score (nSPS) is 9.50. The van der Waals surface area contributed by atoms with E-state index in [0.717, 1.165) is 11.1 Å². The first-order chi connectivity index (χ1) is 5.59. The van der Waals surface area contributed by atoms with Crippen LogP contribution in [0.2, 0.25) is 0 Å². The number of nitrogens with zero attached hydrogens (tertiary/aromatic N) is 1. The smallest absolute Gasteiger partial charge is 0.162 e. The van der Waals surface area contributed by atoms with Crippen molar-refractivity contribution in [1.29, 1.82) is 0 Å². The van der Waals surface area contributed by atoms with E-state index in [0.29, 0.717) is 5.69 Å². The maximum absolute atomic E-state index is 10.1. The Labute approximate surface area is 70.3 Å². The monoisotopic (exact) mass is 166 g/mol. The molecular formula is C8H10N2O2. The van der Waals surface area contributed by atoms with Crippen LogP contribution in [0.4, 0.5) is 5.69 Å². The van der Waals surface area contributed by atoms with Crippen LogP contribution in [-0.2, 0) is 0 Å². The molecule has 0 fully saturated rings. The first kappa shape index (κ1) is 8.52. The molecule has 1 aromatic carbocycles. The molecule has 0 atom stereocenters. The van der Waals surface area contributed by atoms with Gasteiger partial charge >= 0.3 is 0 Å². The largest absolute Gasteiger partial charge is 0.235 e. The van der Waals surface area contributed by atoms with Gasteiger partial charge in [-0.2, -0.15) is 0 Å². The summed E-state index contributed by atoms with van der Waals surface area (Å²) in [6.45, 7) is 3.88. The third kappa shape index (κ3) is 1.95. The fourth-order valence-corrected chi connectivity index (χ4v) is 0.916. The Bertz CT molecular complexity index is 310. The molecule has 1 N–H and O–H groups in total. The number of benzene rings is 1. The lowest BCUT2D eigenvalue weighted by Crippen LogP contribution is -2.07. The molecule has 0 aliphatic carbocycles. The lowest BCUT2D eigenvalue weighted by atomic mass is 10.1. The molecule has 0 radical (unpaired) electrons. The second kappa shape index (κ2) is 3.21. The molecule has 0 bridgehead atoms. The zero-order valence-corrected chi connectivity index (χ0v) is 7.00. The first-order valence-corrected chi connectivity index (χ1v) is 3.58. The van der Waals surface area contributed by atoms with Gasteiger partial charge < -0.3 is 0 Å². The summed E-state index contributed by atoms with van der Waals surface area (Å²) in [6.07, 6.45) is 0.